The molecule has 0 aromatic carbocycles. The number of pyridine rings is 1. The molecule has 1 aliphatic heterocycles. The Bertz CT molecular complexity index is 474. The second kappa shape index (κ2) is 4.44. The molecule has 1 saturated heterocycles. The minimum atomic E-state index is -0.550. The number of carbonyl (C=O) groups is 1. The fourth-order valence-electron chi connectivity index (χ4n) is 1.69. The van der Waals surface area contributed by atoms with Gasteiger partial charge in [0.15, 0.2) is 0 Å². The number of halogens is 1. The summed E-state index contributed by atoms with van der Waals surface area (Å²) in [6, 6.07) is 3.33. The van der Waals surface area contributed by atoms with Gasteiger partial charge in [-0.1, -0.05) is 0 Å². The van der Waals surface area contributed by atoms with Crippen molar-refractivity contribution in [2.75, 3.05) is 0 Å². The molecule has 0 aliphatic carbocycles. The molecular formula is C12H15BBrNO3. The van der Waals surface area contributed by atoms with E-state index in [2.05, 4.69) is 20.9 Å². The van der Waals surface area contributed by atoms with E-state index in [-0.39, 0.29) is 0 Å². The molecule has 1 aromatic rings. The van der Waals surface area contributed by atoms with E-state index in [9.17, 15) is 4.79 Å². The highest BCUT2D eigenvalue weighted by Crippen LogP contribution is 2.36. The predicted octanol–water partition coefficient (Wildman–Crippen LogP) is 1.96. The van der Waals surface area contributed by atoms with Gasteiger partial charge in [-0.25, -0.2) is 4.98 Å². The molecule has 4 nitrogen and oxygen atoms in total. The van der Waals surface area contributed by atoms with Gasteiger partial charge in [-0.05, 0) is 55.8 Å². The molecule has 0 unspecified atom stereocenters. The lowest BCUT2D eigenvalue weighted by atomic mass is 9.83. The predicted molar refractivity (Wildman–Crippen MR) is 73.0 cm³/mol. The number of aldehydes is 1. The van der Waals surface area contributed by atoms with E-state index in [1.165, 1.54) is 0 Å². The van der Waals surface area contributed by atoms with E-state index in [0.717, 1.165) is 6.29 Å². The second-order valence-electron chi connectivity index (χ2n) is 5.35. The summed E-state index contributed by atoms with van der Waals surface area (Å²) in [5.41, 5.74) is 0.318. The van der Waals surface area contributed by atoms with E-state index in [1.54, 1.807) is 12.1 Å². The Labute approximate surface area is 115 Å². The minimum absolute atomic E-state index is 0.414. The molecule has 0 N–H and O–H groups in total. The summed E-state index contributed by atoms with van der Waals surface area (Å²) in [5.74, 6) is 0. The van der Waals surface area contributed by atoms with E-state index in [1.807, 2.05) is 27.7 Å². The molecule has 1 fully saturated rings. The van der Waals surface area contributed by atoms with Crippen LogP contribution in [-0.2, 0) is 9.31 Å². The van der Waals surface area contributed by atoms with E-state index < -0.39 is 18.3 Å². The van der Waals surface area contributed by atoms with Gasteiger partial charge in [0, 0.05) is 5.56 Å². The third-order valence-corrected chi connectivity index (χ3v) is 3.87. The number of hydrogen-bond acceptors (Lipinski definition) is 4. The van der Waals surface area contributed by atoms with Gasteiger partial charge >= 0.3 is 7.12 Å². The summed E-state index contributed by atoms with van der Waals surface area (Å²) in [6.07, 6.45) is 0.779. The van der Waals surface area contributed by atoms with Crippen molar-refractivity contribution in [1.29, 1.82) is 0 Å². The van der Waals surface area contributed by atoms with Crippen LogP contribution in [0.15, 0.2) is 16.7 Å². The Kier molecular flexibility index (Phi) is 3.38. The molecule has 0 radical (unpaired) electrons. The molecule has 0 amide bonds. The smallest absolute Gasteiger partial charge is 0.398 e. The van der Waals surface area contributed by atoms with E-state index in [0.29, 0.717) is 15.8 Å². The zero-order valence-electron chi connectivity index (χ0n) is 10.9. The van der Waals surface area contributed by atoms with Gasteiger partial charge in [-0.15, -0.1) is 0 Å². The van der Waals surface area contributed by atoms with Crippen molar-refractivity contribution in [1.82, 2.24) is 4.98 Å². The Hall–Kier alpha value is -0.715. The molecule has 18 heavy (non-hydrogen) atoms. The highest BCUT2D eigenvalue weighted by molar-refractivity contribution is 9.10. The Morgan fingerprint density at radius 2 is 1.78 bits per heavy atom. The van der Waals surface area contributed by atoms with Crippen molar-refractivity contribution in [2.45, 2.75) is 38.9 Å². The molecule has 1 aliphatic rings. The molecule has 0 atom stereocenters. The maximum atomic E-state index is 10.9. The Morgan fingerprint density at radius 1 is 1.22 bits per heavy atom. The Morgan fingerprint density at radius 3 is 2.28 bits per heavy atom. The number of carbonyl (C=O) groups excluding carboxylic acids is 1. The lowest BCUT2D eigenvalue weighted by Gasteiger charge is -2.32. The molecule has 0 bridgehead atoms. The molecule has 0 spiro atoms. The average molecular weight is 312 g/mol. The molecule has 2 rings (SSSR count). The SMILES string of the molecule is CC1(C)OB(c2cc(C=O)cc(Br)n2)OC1(C)C. The van der Waals surface area contributed by atoms with Crippen molar-refractivity contribution in [3.8, 4) is 0 Å². The fraction of sp³-hybridized carbons (Fsp3) is 0.500. The molecule has 0 saturated carbocycles. The first-order valence-corrected chi connectivity index (χ1v) is 6.53. The zero-order valence-corrected chi connectivity index (χ0v) is 12.4. The molecule has 6 heteroatoms. The fourth-order valence-corrected chi connectivity index (χ4v) is 2.16. The van der Waals surface area contributed by atoms with Gasteiger partial charge in [0.1, 0.15) is 10.9 Å². The molecule has 1 aromatic heterocycles. The summed E-state index contributed by atoms with van der Waals surface area (Å²) < 4.78 is 12.4. The van der Waals surface area contributed by atoms with E-state index >= 15 is 0 Å². The minimum Gasteiger partial charge on any atom is -0.398 e. The first-order valence-electron chi connectivity index (χ1n) is 5.73. The number of hydrogen-bond donors (Lipinski definition) is 0. The maximum Gasteiger partial charge on any atom is 0.514 e. The summed E-state index contributed by atoms with van der Waals surface area (Å²) in [4.78, 5) is 15.2. The monoisotopic (exact) mass is 311 g/mol. The topological polar surface area (TPSA) is 48.4 Å². The normalized spacial score (nSPS) is 21.1. The van der Waals surface area contributed by atoms with Crippen molar-refractivity contribution < 1.29 is 14.1 Å². The van der Waals surface area contributed by atoms with Crippen molar-refractivity contribution in [3.63, 3.8) is 0 Å². The van der Waals surface area contributed by atoms with Crippen LogP contribution in [0.5, 0.6) is 0 Å². The molecule has 96 valence electrons. The van der Waals surface area contributed by atoms with Gasteiger partial charge in [0.25, 0.3) is 0 Å². The second-order valence-corrected chi connectivity index (χ2v) is 6.17. The van der Waals surface area contributed by atoms with Crippen LogP contribution in [0, 0.1) is 0 Å². The zero-order chi connectivity index (χ0) is 13.6. The van der Waals surface area contributed by atoms with Crippen molar-refractivity contribution in [2.24, 2.45) is 0 Å². The molecule has 2 heterocycles. The van der Waals surface area contributed by atoms with Gasteiger partial charge in [0.05, 0.1) is 16.8 Å². The first-order chi connectivity index (χ1) is 8.25. The number of rotatable bonds is 2. The highest BCUT2D eigenvalue weighted by atomic mass is 79.9. The summed E-state index contributed by atoms with van der Waals surface area (Å²) >= 11 is 3.28. The summed E-state index contributed by atoms with van der Waals surface area (Å²) in [6.45, 7) is 7.91. The van der Waals surface area contributed by atoms with Crippen LogP contribution in [0.2, 0.25) is 0 Å². The number of nitrogens with zero attached hydrogens (tertiary/aromatic N) is 1. The van der Waals surface area contributed by atoms with Gasteiger partial charge in [-0.3, -0.25) is 4.79 Å². The lowest BCUT2D eigenvalue weighted by molar-refractivity contribution is 0.00578. The third-order valence-electron chi connectivity index (χ3n) is 3.47. The first kappa shape index (κ1) is 13.7. The van der Waals surface area contributed by atoms with Crippen LogP contribution in [0.25, 0.3) is 0 Å². The van der Waals surface area contributed by atoms with Crippen LogP contribution in [-0.4, -0.2) is 29.6 Å². The van der Waals surface area contributed by atoms with Gasteiger partial charge < -0.3 is 9.31 Å². The average Bonchev–Trinajstić information content (AvgIpc) is 2.47. The standard InChI is InChI=1S/C12H15BBrNO3/c1-11(2)12(3,4)18-13(17-11)9-5-8(7-16)6-10(14)15-9/h5-7H,1-4H3. The van der Waals surface area contributed by atoms with E-state index in [4.69, 9.17) is 9.31 Å². The molecular weight excluding hydrogens is 297 g/mol. The Balaban J connectivity index is 2.35. The van der Waals surface area contributed by atoms with Crippen molar-refractivity contribution >= 4 is 34.9 Å². The highest BCUT2D eigenvalue weighted by Gasteiger charge is 2.52. The van der Waals surface area contributed by atoms with Gasteiger partial charge in [-0.2, -0.15) is 0 Å². The van der Waals surface area contributed by atoms with Crippen LogP contribution in [0.1, 0.15) is 38.1 Å². The van der Waals surface area contributed by atoms with Crippen LogP contribution in [0.4, 0.5) is 0 Å². The maximum absolute atomic E-state index is 10.9. The largest absolute Gasteiger partial charge is 0.514 e. The third kappa shape index (κ3) is 2.37. The van der Waals surface area contributed by atoms with Gasteiger partial charge in [0.2, 0.25) is 0 Å². The summed E-state index contributed by atoms with van der Waals surface area (Å²) in [5, 5.41) is 0. The van der Waals surface area contributed by atoms with Crippen LogP contribution >= 0.6 is 15.9 Å². The summed E-state index contributed by atoms with van der Waals surface area (Å²) in [7, 11) is -0.550. The van der Waals surface area contributed by atoms with Crippen LogP contribution in [0.3, 0.4) is 0 Å². The quantitative estimate of drug-likeness (QED) is 0.476. The van der Waals surface area contributed by atoms with Crippen LogP contribution < -0.4 is 5.59 Å². The van der Waals surface area contributed by atoms with Crippen molar-refractivity contribution in [3.05, 3.63) is 22.3 Å². The number of aromatic nitrogens is 1. The lowest BCUT2D eigenvalue weighted by Crippen LogP contribution is -2.41.